The van der Waals surface area contributed by atoms with E-state index in [1.54, 1.807) is 0 Å². The average Bonchev–Trinajstić information content (AvgIpc) is 2.51. The van der Waals surface area contributed by atoms with Gasteiger partial charge in [0.2, 0.25) is 0 Å². The molecule has 4 nitrogen and oxygen atoms in total. The number of hydrogen-bond acceptors (Lipinski definition) is 4. The SMILES string of the molecule is CN1CCC(Oc2ccccc2C2CNCCO2)CC1. The minimum atomic E-state index is 0.117. The molecule has 1 N–H and O–H groups in total. The van der Waals surface area contributed by atoms with E-state index >= 15 is 0 Å². The standard InChI is InChI=1S/C16H24N2O2/c1-18-9-6-13(7-10-18)20-15-5-3-2-4-14(15)16-12-17-8-11-19-16/h2-5,13,16-17H,6-12H2,1H3. The third-order valence-corrected chi connectivity index (χ3v) is 4.15. The van der Waals surface area contributed by atoms with Crippen LogP contribution >= 0.6 is 0 Å². The summed E-state index contributed by atoms with van der Waals surface area (Å²) in [5.41, 5.74) is 1.18. The normalized spacial score (nSPS) is 25.6. The molecule has 0 aliphatic carbocycles. The van der Waals surface area contributed by atoms with Gasteiger partial charge in [-0.3, -0.25) is 0 Å². The number of benzene rings is 1. The summed E-state index contributed by atoms with van der Waals surface area (Å²) >= 11 is 0. The largest absolute Gasteiger partial charge is 0.490 e. The van der Waals surface area contributed by atoms with Crippen molar-refractivity contribution in [1.29, 1.82) is 0 Å². The monoisotopic (exact) mass is 276 g/mol. The van der Waals surface area contributed by atoms with Gasteiger partial charge in [-0.25, -0.2) is 0 Å². The Kier molecular flexibility index (Phi) is 4.55. The molecule has 0 saturated carbocycles. The lowest BCUT2D eigenvalue weighted by atomic mass is 10.1. The van der Waals surface area contributed by atoms with Crippen LogP contribution in [-0.4, -0.2) is 50.8 Å². The zero-order valence-corrected chi connectivity index (χ0v) is 12.2. The molecule has 2 heterocycles. The number of morpholine rings is 1. The minimum absolute atomic E-state index is 0.117. The van der Waals surface area contributed by atoms with E-state index < -0.39 is 0 Å². The Hall–Kier alpha value is -1.10. The van der Waals surface area contributed by atoms with Crippen molar-refractivity contribution in [3.05, 3.63) is 29.8 Å². The quantitative estimate of drug-likeness (QED) is 0.913. The van der Waals surface area contributed by atoms with Crippen molar-refractivity contribution in [3.63, 3.8) is 0 Å². The Labute approximate surface area is 121 Å². The van der Waals surface area contributed by atoms with Crippen molar-refractivity contribution >= 4 is 0 Å². The van der Waals surface area contributed by atoms with E-state index in [1.807, 2.05) is 6.07 Å². The molecule has 1 unspecified atom stereocenters. The summed E-state index contributed by atoms with van der Waals surface area (Å²) < 4.78 is 12.1. The molecule has 0 radical (unpaired) electrons. The van der Waals surface area contributed by atoms with Gasteiger partial charge in [0.05, 0.1) is 12.7 Å². The van der Waals surface area contributed by atoms with E-state index in [2.05, 4.69) is 35.5 Å². The predicted octanol–water partition coefficient (Wildman–Crippen LogP) is 1.82. The van der Waals surface area contributed by atoms with E-state index in [9.17, 15) is 0 Å². The van der Waals surface area contributed by atoms with Gasteiger partial charge in [0.15, 0.2) is 0 Å². The zero-order chi connectivity index (χ0) is 13.8. The zero-order valence-electron chi connectivity index (χ0n) is 12.2. The molecule has 0 spiro atoms. The van der Waals surface area contributed by atoms with Crippen LogP contribution in [0.25, 0.3) is 0 Å². The first-order valence-electron chi connectivity index (χ1n) is 7.59. The minimum Gasteiger partial charge on any atom is -0.490 e. The summed E-state index contributed by atoms with van der Waals surface area (Å²) in [4.78, 5) is 2.36. The molecule has 0 bridgehead atoms. The highest BCUT2D eigenvalue weighted by Crippen LogP contribution is 2.30. The van der Waals surface area contributed by atoms with Crippen LogP contribution in [0.3, 0.4) is 0 Å². The number of piperidine rings is 1. The molecule has 0 amide bonds. The number of nitrogens with one attached hydrogen (secondary N) is 1. The maximum absolute atomic E-state index is 6.25. The van der Waals surface area contributed by atoms with Crippen LogP contribution in [0.2, 0.25) is 0 Å². The van der Waals surface area contributed by atoms with Crippen LogP contribution < -0.4 is 10.1 Å². The molecule has 2 fully saturated rings. The molecule has 3 rings (SSSR count). The van der Waals surface area contributed by atoms with E-state index in [4.69, 9.17) is 9.47 Å². The van der Waals surface area contributed by atoms with Gasteiger partial charge in [0.1, 0.15) is 11.9 Å². The van der Waals surface area contributed by atoms with E-state index in [1.165, 1.54) is 5.56 Å². The van der Waals surface area contributed by atoms with Crippen LogP contribution in [0, 0.1) is 0 Å². The third kappa shape index (κ3) is 3.32. The van der Waals surface area contributed by atoms with Crippen molar-refractivity contribution < 1.29 is 9.47 Å². The molecule has 2 saturated heterocycles. The van der Waals surface area contributed by atoms with Crippen molar-refractivity contribution in [1.82, 2.24) is 10.2 Å². The first-order valence-corrected chi connectivity index (χ1v) is 7.59. The van der Waals surface area contributed by atoms with Gasteiger partial charge in [-0.15, -0.1) is 0 Å². The second-order valence-corrected chi connectivity index (χ2v) is 5.72. The fraction of sp³-hybridized carbons (Fsp3) is 0.625. The van der Waals surface area contributed by atoms with Crippen molar-refractivity contribution in [3.8, 4) is 5.75 Å². The number of rotatable bonds is 3. The Bertz CT molecular complexity index is 424. The summed E-state index contributed by atoms with van der Waals surface area (Å²) in [6, 6.07) is 8.31. The lowest BCUT2D eigenvalue weighted by Gasteiger charge is -2.31. The molecular formula is C16H24N2O2. The topological polar surface area (TPSA) is 33.7 Å². The van der Waals surface area contributed by atoms with Gasteiger partial charge < -0.3 is 19.7 Å². The van der Waals surface area contributed by atoms with Crippen LogP contribution in [0.1, 0.15) is 24.5 Å². The third-order valence-electron chi connectivity index (χ3n) is 4.15. The van der Waals surface area contributed by atoms with Crippen LogP contribution in [0.5, 0.6) is 5.75 Å². The molecule has 1 atom stereocenters. The smallest absolute Gasteiger partial charge is 0.125 e. The lowest BCUT2D eigenvalue weighted by Crippen LogP contribution is -2.36. The first-order chi connectivity index (χ1) is 9.83. The molecule has 110 valence electrons. The molecule has 2 aliphatic heterocycles. The molecular weight excluding hydrogens is 252 g/mol. The summed E-state index contributed by atoms with van der Waals surface area (Å²) in [7, 11) is 2.17. The maximum atomic E-state index is 6.25. The lowest BCUT2D eigenvalue weighted by molar-refractivity contribution is 0.0238. The first kappa shape index (κ1) is 13.9. The highest BCUT2D eigenvalue weighted by atomic mass is 16.5. The highest BCUT2D eigenvalue weighted by molar-refractivity contribution is 5.36. The van der Waals surface area contributed by atoms with Gasteiger partial charge >= 0.3 is 0 Å². The van der Waals surface area contributed by atoms with E-state index in [0.717, 1.165) is 51.4 Å². The van der Waals surface area contributed by atoms with E-state index in [0.29, 0.717) is 6.10 Å². The van der Waals surface area contributed by atoms with Crippen molar-refractivity contribution in [2.45, 2.75) is 25.0 Å². The number of hydrogen-bond donors (Lipinski definition) is 1. The molecule has 20 heavy (non-hydrogen) atoms. The van der Waals surface area contributed by atoms with Gasteiger partial charge in [-0.2, -0.15) is 0 Å². The van der Waals surface area contributed by atoms with Gasteiger partial charge in [0.25, 0.3) is 0 Å². The fourth-order valence-electron chi connectivity index (χ4n) is 2.90. The van der Waals surface area contributed by atoms with Gasteiger partial charge in [-0.05, 0) is 26.0 Å². The number of para-hydroxylation sites is 1. The van der Waals surface area contributed by atoms with Crippen LogP contribution in [-0.2, 0) is 4.74 Å². The Morgan fingerprint density at radius 1 is 1.25 bits per heavy atom. The number of likely N-dealkylation sites (tertiary alicyclic amines) is 1. The second-order valence-electron chi connectivity index (χ2n) is 5.72. The van der Waals surface area contributed by atoms with Crippen LogP contribution in [0.15, 0.2) is 24.3 Å². The summed E-state index contributed by atoms with van der Waals surface area (Å²) in [6.07, 6.45) is 2.67. The Morgan fingerprint density at radius 3 is 2.80 bits per heavy atom. The summed E-state index contributed by atoms with van der Waals surface area (Å²) in [6.45, 7) is 4.82. The van der Waals surface area contributed by atoms with Gasteiger partial charge in [0, 0.05) is 31.7 Å². The molecule has 4 heteroatoms. The Balaban J connectivity index is 1.69. The molecule has 1 aromatic carbocycles. The highest BCUT2D eigenvalue weighted by Gasteiger charge is 2.23. The molecule has 0 aromatic heterocycles. The Morgan fingerprint density at radius 2 is 2.05 bits per heavy atom. The number of nitrogens with zero attached hydrogens (tertiary/aromatic N) is 1. The summed E-state index contributed by atoms with van der Waals surface area (Å²) in [5.74, 6) is 0.996. The fourth-order valence-corrected chi connectivity index (χ4v) is 2.90. The van der Waals surface area contributed by atoms with Crippen LogP contribution in [0.4, 0.5) is 0 Å². The van der Waals surface area contributed by atoms with Gasteiger partial charge in [-0.1, -0.05) is 18.2 Å². The van der Waals surface area contributed by atoms with Crippen molar-refractivity contribution in [2.75, 3.05) is 39.8 Å². The molecule has 2 aliphatic rings. The van der Waals surface area contributed by atoms with Crippen molar-refractivity contribution in [2.24, 2.45) is 0 Å². The summed E-state index contributed by atoms with van der Waals surface area (Å²) in [5, 5.41) is 3.38. The second kappa shape index (κ2) is 6.57. The molecule has 1 aromatic rings. The predicted molar refractivity (Wildman–Crippen MR) is 79.2 cm³/mol. The average molecular weight is 276 g/mol. The number of ether oxygens (including phenoxy) is 2. The van der Waals surface area contributed by atoms with E-state index in [-0.39, 0.29) is 6.10 Å². The maximum Gasteiger partial charge on any atom is 0.125 e.